The third-order valence-corrected chi connectivity index (χ3v) is 6.87. The van der Waals surface area contributed by atoms with E-state index >= 15 is 0 Å². The second-order valence-electron chi connectivity index (χ2n) is 7.42. The van der Waals surface area contributed by atoms with Crippen molar-refractivity contribution in [1.82, 2.24) is 19.7 Å². The first-order valence-electron chi connectivity index (χ1n) is 10.7. The molecule has 9 heteroatoms. The quantitative estimate of drug-likeness (QED) is 0.288. The maximum absolute atomic E-state index is 12.7. The van der Waals surface area contributed by atoms with E-state index in [1.165, 1.54) is 23.1 Å². The van der Waals surface area contributed by atoms with Crippen LogP contribution in [0, 0.1) is 0 Å². The van der Waals surface area contributed by atoms with Gasteiger partial charge < -0.3 is 10.1 Å². The van der Waals surface area contributed by atoms with Crippen LogP contribution in [0.4, 0.5) is 5.13 Å². The van der Waals surface area contributed by atoms with Gasteiger partial charge in [0, 0.05) is 22.7 Å². The first kappa shape index (κ1) is 22.1. The highest BCUT2D eigenvalue weighted by Crippen LogP contribution is 2.29. The number of ether oxygens (including phenoxy) is 1. The average Bonchev–Trinajstić information content (AvgIpc) is 3.53. The van der Waals surface area contributed by atoms with Crippen LogP contribution in [0.5, 0.6) is 5.75 Å². The van der Waals surface area contributed by atoms with E-state index in [4.69, 9.17) is 4.74 Å². The Morgan fingerprint density at radius 3 is 2.68 bits per heavy atom. The number of nitrogens with one attached hydrogen (secondary N) is 1. The van der Waals surface area contributed by atoms with Crippen molar-refractivity contribution in [2.75, 3.05) is 5.32 Å². The molecule has 1 atom stereocenters. The molecule has 1 amide bonds. The predicted octanol–water partition coefficient (Wildman–Crippen LogP) is 5.58. The molecule has 0 fully saturated rings. The van der Waals surface area contributed by atoms with Gasteiger partial charge in [-0.15, -0.1) is 21.5 Å². The lowest BCUT2D eigenvalue weighted by Crippen LogP contribution is -2.22. The Labute approximate surface area is 204 Å². The number of para-hydroxylation sites is 1. The smallest absolute Gasteiger partial charge is 0.239 e. The zero-order valence-corrected chi connectivity index (χ0v) is 19.9. The highest BCUT2D eigenvalue weighted by molar-refractivity contribution is 8.00. The third-order valence-electron chi connectivity index (χ3n) is 5.14. The first-order valence-corrected chi connectivity index (χ1v) is 12.4. The van der Waals surface area contributed by atoms with Crippen LogP contribution in [0.25, 0.3) is 16.5 Å². The molecule has 7 nitrogen and oxygen atoms in total. The van der Waals surface area contributed by atoms with Gasteiger partial charge in [0.05, 0.1) is 5.25 Å². The van der Waals surface area contributed by atoms with Gasteiger partial charge in [0.1, 0.15) is 12.4 Å². The number of rotatable bonds is 8. The van der Waals surface area contributed by atoms with Crippen LogP contribution < -0.4 is 10.1 Å². The molecule has 0 saturated carbocycles. The summed E-state index contributed by atoms with van der Waals surface area (Å²) in [5.74, 6) is 1.29. The maximum Gasteiger partial charge on any atom is 0.239 e. The average molecular weight is 488 g/mol. The summed E-state index contributed by atoms with van der Waals surface area (Å²) in [5, 5.41) is 16.4. The zero-order chi connectivity index (χ0) is 23.3. The Kier molecular flexibility index (Phi) is 6.55. The van der Waals surface area contributed by atoms with Gasteiger partial charge in [-0.25, -0.2) is 4.98 Å². The molecule has 0 spiro atoms. The number of hydrogen-bond acceptors (Lipinski definition) is 7. The number of benzene rings is 3. The normalized spacial score (nSPS) is 11.9. The van der Waals surface area contributed by atoms with E-state index in [2.05, 4.69) is 32.6 Å². The molecular formula is C25H21N5O2S2. The first-order chi connectivity index (χ1) is 16.7. The number of amides is 1. The van der Waals surface area contributed by atoms with E-state index in [0.717, 1.165) is 22.2 Å². The maximum atomic E-state index is 12.7. The van der Waals surface area contributed by atoms with Crippen molar-refractivity contribution in [3.05, 3.63) is 90.2 Å². The van der Waals surface area contributed by atoms with Gasteiger partial charge in [0.2, 0.25) is 5.91 Å². The number of carbonyl (C=O) groups is 1. The van der Waals surface area contributed by atoms with Crippen LogP contribution in [0.3, 0.4) is 0 Å². The Morgan fingerprint density at radius 2 is 1.85 bits per heavy atom. The van der Waals surface area contributed by atoms with Crippen LogP contribution in [-0.4, -0.2) is 30.9 Å². The summed E-state index contributed by atoms with van der Waals surface area (Å²) < 4.78 is 8.12. The summed E-state index contributed by atoms with van der Waals surface area (Å²) in [6.07, 6.45) is 1.66. The van der Waals surface area contributed by atoms with Crippen molar-refractivity contribution >= 4 is 44.9 Å². The molecule has 2 aromatic heterocycles. The number of carbonyl (C=O) groups excluding carboxylic acids is 1. The van der Waals surface area contributed by atoms with E-state index in [0.29, 0.717) is 16.1 Å². The van der Waals surface area contributed by atoms with E-state index in [1.54, 1.807) is 6.20 Å². The third kappa shape index (κ3) is 4.80. The summed E-state index contributed by atoms with van der Waals surface area (Å²) in [5.41, 5.74) is 0.902. The van der Waals surface area contributed by atoms with Crippen LogP contribution in [0.15, 0.2) is 89.5 Å². The number of hydrogen-bond donors (Lipinski definition) is 1. The Hall–Kier alpha value is -3.69. The zero-order valence-electron chi connectivity index (χ0n) is 18.3. The van der Waals surface area contributed by atoms with E-state index < -0.39 is 5.25 Å². The van der Waals surface area contributed by atoms with E-state index in [1.807, 2.05) is 77.5 Å². The number of thiazole rings is 1. The highest BCUT2D eigenvalue weighted by atomic mass is 32.2. The molecule has 170 valence electrons. The number of anilines is 1. The van der Waals surface area contributed by atoms with E-state index in [9.17, 15) is 4.79 Å². The monoisotopic (exact) mass is 487 g/mol. The summed E-state index contributed by atoms with van der Waals surface area (Å²) >= 11 is 2.72. The number of thioether (sulfide) groups is 1. The van der Waals surface area contributed by atoms with Crippen LogP contribution in [-0.2, 0) is 11.4 Å². The van der Waals surface area contributed by atoms with Gasteiger partial charge in [0.25, 0.3) is 0 Å². The Morgan fingerprint density at radius 1 is 1.06 bits per heavy atom. The Bertz CT molecular complexity index is 1400. The fraction of sp³-hybridized carbons (Fsp3) is 0.120. The minimum atomic E-state index is -0.401. The molecule has 1 N–H and O–H groups in total. The number of nitrogens with zero attached hydrogens (tertiary/aromatic N) is 4. The van der Waals surface area contributed by atoms with Crippen molar-refractivity contribution in [1.29, 1.82) is 0 Å². The van der Waals surface area contributed by atoms with Crippen molar-refractivity contribution in [3.8, 4) is 11.4 Å². The van der Waals surface area contributed by atoms with Crippen molar-refractivity contribution in [2.45, 2.75) is 23.9 Å². The molecule has 5 aromatic rings. The second kappa shape index (κ2) is 10.1. The fourth-order valence-electron chi connectivity index (χ4n) is 3.47. The lowest BCUT2D eigenvalue weighted by Gasteiger charge is -2.14. The molecule has 34 heavy (non-hydrogen) atoms. The molecular weight excluding hydrogens is 466 g/mol. The summed E-state index contributed by atoms with van der Waals surface area (Å²) in [4.78, 5) is 16.8. The lowest BCUT2D eigenvalue weighted by atomic mass is 10.1. The molecule has 0 unspecified atom stereocenters. The summed E-state index contributed by atoms with van der Waals surface area (Å²) in [7, 11) is 0. The van der Waals surface area contributed by atoms with Crippen LogP contribution >= 0.6 is 23.1 Å². The standard InChI is InChI=1S/C25H21N5O2S2/c1-17(23(31)27-24-26-14-15-33-24)34-25-29-28-22(30(25)19-10-3-2-4-11-19)16-32-21-13-7-9-18-8-5-6-12-20(18)21/h2-15,17H,16H2,1H3,(H,26,27,31)/t17-/m1/s1. The molecule has 3 aromatic carbocycles. The topological polar surface area (TPSA) is 81.9 Å². The lowest BCUT2D eigenvalue weighted by molar-refractivity contribution is -0.115. The minimum Gasteiger partial charge on any atom is -0.485 e. The Balaban J connectivity index is 1.40. The van der Waals surface area contributed by atoms with Gasteiger partial charge in [-0.05, 0) is 30.5 Å². The number of aromatic nitrogens is 4. The summed E-state index contributed by atoms with van der Waals surface area (Å²) in [6.45, 7) is 2.07. The summed E-state index contributed by atoms with van der Waals surface area (Å²) in [6, 6.07) is 23.9. The predicted molar refractivity (Wildman–Crippen MR) is 136 cm³/mol. The van der Waals surface area contributed by atoms with Crippen molar-refractivity contribution < 1.29 is 9.53 Å². The molecule has 0 aliphatic rings. The molecule has 2 heterocycles. The van der Waals surface area contributed by atoms with Gasteiger partial charge in [0.15, 0.2) is 16.1 Å². The van der Waals surface area contributed by atoms with Crippen LogP contribution in [0.1, 0.15) is 12.7 Å². The van der Waals surface area contributed by atoms with Gasteiger partial charge >= 0.3 is 0 Å². The largest absolute Gasteiger partial charge is 0.485 e. The number of fused-ring (bicyclic) bond motifs is 1. The highest BCUT2D eigenvalue weighted by Gasteiger charge is 2.22. The van der Waals surface area contributed by atoms with Gasteiger partial charge in [-0.3, -0.25) is 9.36 Å². The minimum absolute atomic E-state index is 0.142. The van der Waals surface area contributed by atoms with Gasteiger partial charge in [-0.2, -0.15) is 0 Å². The molecule has 0 saturated heterocycles. The van der Waals surface area contributed by atoms with E-state index in [-0.39, 0.29) is 12.5 Å². The van der Waals surface area contributed by atoms with Gasteiger partial charge in [-0.1, -0.05) is 66.4 Å². The fourth-order valence-corrected chi connectivity index (χ4v) is 4.89. The molecule has 0 aliphatic heterocycles. The second-order valence-corrected chi connectivity index (χ2v) is 9.62. The van der Waals surface area contributed by atoms with Crippen molar-refractivity contribution in [3.63, 3.8) is 0 Å². The molecule has 0 bridgehead atoms. The van der Waals surface area contributed by atoms with Crippen molar-refractivity contribution in [2.24, 2.45) is 0 Å². The molecule has 0 radical (unpaired) electrons. The molecule has 5 rings (SSSR count). The molecule has 0 aliphatic carbocycles. The van der Waals surface area contributed by atoms with Crippen LogP contribution in [0.2, 0.25) is 0 Å². The SMILES string of the molecule is C[C@@H](Sc1nnc(COc2cccc3ccccc23)n1-c1ccccc1)C(=O)Nc1nccs1.